The maximum absolute atomic E-state index is 12.1. The van der Waals surface area contributed by atoms with Crippen LogP contribution in [0.2, 0.25) is 0 Å². The smallest absolute Gasteiger partial charge is 0.276 e. The van der Waals surface area contributed by atoms with Crippen molar-refractivity contribution in [2.45, 2.75) is 18.7 Å². The molecule has 0 saturated heterocycles. The molecule has 0 spiro atoms. The van der Waals surface area contributed by atoms with Gasteiger partial charge in [0, 0.05) is 5.56 Å². The van der Waals surface area contributed by atoms with E-state index in [0.717, 1.165) is 5.56 Å². The number of benzene rings is 2. The summed E-state index contributed by atoms with van der Waals surface area (Å²) in [6, 6.07) is 12.9. The number of aromatic hydroxyl groups is 1. The molecular weight excluding hydrogens is 288 g/mol. The van der Waals surface area contributed by atoms with Crippen LogP contribution in [0.5, 0.6) is 5.75 Å². The van der Waals surface area contributed by atoms with Gasteiger partial charge in [-0.1, -0.05) is 29.8 Å². The lowest BCUT2D eigenvalue weighted by Gasteiger charge is -2.06. The van der Waals surface area contributed by atoms with E-state index in [4.69, 9.17) is 0 Å². The molecule has 0 heterocycles. The normalized spacial score (nSPS) is 12.2. The second kappa shape index (κ2) is 5.97. The van der Waals surface area contributed by atoms with Crippen LogP contribution in [0.15, 0.2) is 58.5 Å². The number of aryl methyl sites for hydroxylation is 1. The molecule has 0 radical (unpaired) electrons. The van der Waals surface area contributed by atoms with Crippen molar-refractivity contribution in [1.29, 1.82) is 0 Å². The van der Waals surface area contributed by atoms with Gasteiger partial charge in [0.1, 0.15) is 5.75 Å². The number of hydrazone groups is 1. The van der Waals surface area contributed by atoms with Gasteiger partial charge in [-0.05, 0) is 38.1 Å². The Bertz CT molecular complexity index is 766. The van der Waals surface area contributed by atoms with Crippen molar-refractivity contribution in [2.75, 3.05) is 0 Å². The van der Waals surface area contributed by atoms with Gasteiger partial charge in [0.05, 0.1) is 10.6 Å². The van der Waals surface area contributed by atoms with Crippen LogP contribution in [0.25, 0.3) is 0 Å². The van der Waals surface area contributed by atoms with Gasteiger partial charge in [-0.15, -0.1) is 0 Å². The van der Waals surface area contributed by atoms with Crippen molar-refractivity contribution in [1.82, 2.24) is 4.83 Å². The minimum atomic E-state index is -3.69. The van der Waals surface area contributed by atoms with Crippen LogP contribution in [-0.2, 0) is 10.0 Å². The standard InChI is InChI=1S/C15H16N2O3S/c1-11-6-8-15(9-7-11)21(19,20)17-16-12(2)13-4-3-5-14(18)10-13/h3-10,17-18H,1-2H3. The zero-order valence-electron chi connectivity index (χ0n) is 11.7. The minimum Gasteiger partial charge on any atom is -0.508 e. The second-order valence-electron chi connectivity index (χ2n) is 4.66. The molecule has 6 heteroatoms. The molecule has 21 heavy (non-hydrogen) atoms. The third kappa shape index (κ3) is 3.82. The topological polar surface area (TPSA) is 78.8 Å². The highest BCUT2D eigenvalue weighted by atomic mass is 32.2. The largest absolute Gasteiger partial charge is 0.508 e. The fraction of sp³-hybridized carbons (Fsp3) is 0.133. The Hall–Kier alpha value is -2.34. The zero-order chi connectivity index (χ0) is 15.5. The number of nitrogens with zero attached hydrogens (tertiary/aromatic N) is 1. The van der Waals surface area contributed by atoms with Gasteiger partial charge in [-0.2, -0.15) is 18.4 Å². The lowest BCUT2D eigenvalue weighted by molar-refractivity contribution is 0.475. The van der Waals surface area contributed by atoms with Gasteiger partial charge < -0.3 is 5.11 Å². The van der Waals surface area contributed by atoms with Gasteiger partial charge in [0.2, 0.25) is 0 Å². The van der Waals surface area contributed by atoms with E-state index in [2.05, 4.69) is 9.93 Å². The number of rotatable bonds is 4. The summed E-state index contributed by atoms with van der Waals surface area (Å²) in [5, 5.41) is 13.3. The Balaban J connectivity index is 2.21. The lowest BCUT2D eigenvalue weighted by Crippen LogP contribution is -2.19. The summed E-state index contributed by atoms with van der Waals surface area (Å²) in [7, 11) is -3.69. The Morgan fingerprint density at radius 3 is 2.43 bits per heavy atom. The summed E-state index contributed by atoms with van der Waals surface area (Å²) in [5.41, 5.74) is 2.08. The van der Waals surface area contributed by atoms with Crippen molar-refractivity contribution in [3.05, 3.63) is 59.7 Å². The van der Waals surface area contributed by atoms with E-state index in [1.54, 1.807) is 31.2 Å². The highest BCUT2D eigenvalue weighted by molar-refractivity contribution is 7.89. The van der Waals surface area contributed by atoms with Gasteiger partial charge in [-0.3, -0.25) is 0 Å². The van der Waals surface area contributed by atoms with E-state index < -0.39 is 10.0 Å². The highest BCUT2D eigenvalue weighted by Gasteiger charge is 2.12. The Morgan fingerprint density at radius 1 is 1.14 bits per heavy atom. The zero-order valence-corrected chi connectivity index (χ0v) is 12.6. The number of sulfonamides is 1. The lowest BCUT2D eigenvalue weighted by atomic mass is 10.1. The number of nitrogens with one attached hydrogen (secondary N) is 1. The van der Waals surface area contributed by atoms with E-state index in [9.17, 15) is 13.5 Å². The summed E-state index contributed by atoms with van der Waals surface area (Å²) in [5.74, 6) is 0.100. The molecule has 0 saturated carbocycles. The summed E-state index contributed by atoms with van der Waals surface area (Å²) in [4.78, 5) is 2.34. The third-order valence-corrected chi connectivity index (χ3v) is 4.15. The first kappa shape index (κ1) is 15.1. The predicted octanol–water partition coefficient (Wildman–Crippen LogP) is 2.40. The quantitative estimate of drug-likeness (QED) is 0.672. The van der Waals surface area contributed by atoms with E-state index in [0.29, 0.717) is 11.3 Å². The maximum atomic E-state index is 12.1. The number of hydrogen-bond acceptors (Lipinski definition) is 4. The van der Waals surface area contributed by atoms with Crippen molar-refractivity contribution >= 4 is 15.7 Å². The van der Waals surface area contributed by atoms with Gasteiger partial charge in [0.25, 0.3) is 10.0 Å². The van der Waals surface area contributed by atoms with E-state index in [1.807, 2.05) is 6.92 Å². The van der Waals surface area contributed by atoms with Crippen molar-refractivity contribution < 1.29 is 13.5 Å². The van der Waals surface area contributed by atoms with Crippen LogP contribution in [0.4, 0.5) is 0 Å². The predicted molar refractivity (Wildman–Crippen MR) is 81.8 cm³/mol. The molecule has 0 aromatic heterocycles. The molecule has 0 unspecified atom stereocenters. The molecule has 2 aromatic rings. The highest BCUT2D eigenvalue weighted by Crippen LogP contribution is 2.13. The van der Waals surface area contributed by atoms with E-state index in [-0.39, 0.29) is 10.6 Å². The molecule has 2 rings (SSSR count). The second-order valence-corrected chi connectivity index (χ2v) is 6.32. The van der Waals surface area contributed by atoms with Crippen LogP contribution >= 0.6 is 0 Å². The van der Waals surface area contributed by atoms with Gasteiger partial charge in [0.15, 0.2) is 0 Å². The summed E-state index contributed by atoms with van der Waals surface area (Å²) < 4.78 is 24.2. The first-order valence-corrected chi connectivity index (χ1v) is 7.79. The van der Waals surface area contributed by atoms with Gasteiger partial charge >= 0.3 is 0 Å². The maximum Gasteiger partial charge on any atom is 0.276 e. The molecule has 0 atom stereocenters. The Labute approximate surface area is 124 Å². The monoisotopic (exact) mass is 304 g/mol. The van der Waals surface area contributed by atoms with Crippen molar-refractivity contribution in [3.8, 4) is 5.75 Å². The summed E-state index contributed by atoms with van der Waals surface area (Å²) in [6.07, 6.45) is 0. The molecule has 0 aliphatic heterocycles. The van der Waals surface area contributed by atoms with Gasteiger partial charge in [-0.25, -0.2) is 0 Å². The van der Waals surface area contributed by atoms with Crippen molar-refractivity contribution in [2.24, 2.45) is 5.10 Å². The molecule has 2 aromatic carbocycles. The van der Waals surface area contributed by atoms with E-state index in [1.165, 1.54) is 24.3 Å². The van der Waals surface area contributed by atoms with E-state index >= 15 is 0 Å². The fourth-order valence-corrected chi connectivity index (χ4v) is 2.55. The average molecular weight is 304 g/mol. The fourth-order valence-electron chi connectivity index (χ4n) is 1.69. The molecule has 5 nitrogen and oxygen atoms in total. The number of phenols is 1. The first-order valence-electron chi connectivity index (χ1n) is 6.31. The van der Waals surface area contributed by atoms with Crippen LogP contribution in [-0.4, -0.2) is 19.2 Å². The molecular formula is C15H16N2O3S. The molecule has 0 aliphatic rings. The number of phenolic OH excluding ortho intramolecular Hbond substituents is 1. The molecule has 0 bridgehead atoms. The van der Waals surface area contributed by atoms with Crippen LogP contribution in [0.3, 0.4) is 0 Å². The Kier molecular flexibility index (Phi) is 4.28. The SMILES string of the molecule is CC(=NNS(=O)(=O)c1ccc(C)cc1)c1cccc(O)c1. The Morgan fingerprint density at radius 2 is 1.81 bits per heavy atom. The minimum absolute atomic E-state index is 0.100. The van der Waals surface area contributed by atoms with Crippen LogP contribution in [0.1, 0.15) is 18.1 Å². The molecule has 0 amide bonds. The number of hydrogen-bond donors (Lipinski definition) is 2. The van der Waals surface area contributed by atoms with Crippen LogP contribution < -0.4 is 4.83 Å². The first-order chi connectivity index (χ1) is 9.88. The molecule has 0 fully saturated rings. The average Bonchev–Trinajstić information content (AvgIpc) is 2.45. The third-order valence-electron chi connectivity index (χ3n) is 2.93. The molecule has 0 aliphatic carbocycles. The molecule has 110 valence electrons. The summed E-state index contributed by atoms with van der Waals surface area (Å²) in [6.45, 7) is 3.54. The molecule has 2 N–H and O–H groups in total. The van der Waals surface area contributed by atoms with Crippen LogP contribution in [0, 0.1) is 6.92 Å². The summed E-state index contributed by atoms with van der Waals surface area (Å²) >= 11 is 0. The van der Waals surface area contributed by atoms with Crippen molar-refractivity contribution in [3.63, 3.8) is 0 Å².